The van der Waals surface area contributed by atoms with Crippen molar-refractivity contribution >= 4 is 17.4 Å². The number of alkyl halides is 3. The van der Waals surface area contributed by atoms with Crippen LogP contribution in [0.25, 0.3) is 0 Å². The molecule has 2 rings (SSSR count). The first-order chi connectivity index (χ1) is 8.97. The molecule has 0 unspecified atom stereocenters. The Morgan fingerprint density at radius 3 is 2.63 bits per heavy atom. The average molecular weight is 284 g/mol. The van der Waals surface area contributed by atoms with Crippen LogP contribution in [0, 0.1) is 0 Å². The van der Waals surface area contributed by atoms with E-state index in [1.807, 2.05) is 6.07 Å². The van der Waals surface area contributed by atoms with E-state index in [0.29, 0.717) is 5.75 Å². The maximum Gasteiger partial charge on any atom is 0.417 e. The predicted molar refractivity (Wildman–Crippen MR) is 69.7 cm³/mol. The molecule has 2 nitrogen and oxygen atoms in total. The Kier molecular flexibility index (Phi) is 3.99. The van der Waals surface area contributed by atoms with Gasteiger partial charge in [-0.2, -0.15) is 13.2 Å². The van der Waals surface area contributed by atoms with Crippen molar-refractivity contribution in [1.82, 2.24) is 4.98 Å². The Morgan fingerprint density at radius 1 is 1.21 bits per heavy atom. The first kappa shape index (κ1) is 13.7. The molecular weight excluding hydrogens is 273 g/mol. The van der Waals surface area contributed by atoms with E-state index < -0.39 is 11.7 Å². The van der Waals surface area contributed by atoms with E-state index in [2.05, 4.69) is 4.98 Å². The summed E-state index contributed by atoms with van der Waals surface area (Å²) in [6.07, 6.45) is -1.14. The molecule has 100 valence electrons. The number of anilines is 1. The minimum absolute atomic E-state index is 0.109. The zero-order valence-corrected chi connectivity index (χ0v) is 10.6. The molecule has 0 atom stereocenters. The van der Waals surface area contributed by atoms with Crippen molar-refractivity contribution in [2.75, 3.05) is 5.73 Å². The van der Waals surface area contributed by atoms with E-state index in [1.54, 1.807) is 18.5 Å². The smallest absolute Gasteiger partial charge is 0.399 e. The minimum Gasteiger partial charge on any atom is -0.399 e. The molecule has 0 aliphatic rings. The van der Waals surface area contributed by atoms with Gasteiger partial charge in [-0.3, -0.25) is 4.98 Å². The van der Waals surface area contributed by atoms with Gasteiger partial charge in [0.1, 0.15) is 0 Å². The number of aromatic nitrogens is 1. The molecule has 2 N–H and O–H groups in total. The molecule has 0 saturated carbocycles. The summed E-state index contributed by atoms with van der Waals surface area (Å²) in [5, 5.41) is 0. The Hall–Kier alpha value is -1.69. The second kappa shape index (κ2) is 5.52. The Morgan fingerprint density at radius 2 is 2.00 bits per heavy atom. The minimum atomic E-state index is -4.40. The number of halogens is 3. The Balaban J connectivity index is 2.21. The van der Waals surface area contributed by atoms with Crippen molar-refractivity contribution in [1.29, 1.82) is 0 Å². The number of nitrogen functional groups attached to an aromatic ring is 1. The number of pyridine rings is 1. The maximum absolute atomic E-state index is 12.9. The van der Waals surface area contributed by atoms with Crippen LogP contribution in [0.2, 0.25) is 0 Å². The highest BCUT2D eigenvalue weighted by molar-refractivity contribution is 7.98. The highest BCUT2D eigenvalue weighted by atomic mass is 32.2. The topological polar surface area (TPSA) is 38.9 Å². The number of nitrogens with zero attached hydrogens (tertiary/aromatic N) is 1. The van der Waals surface area contributed by atoms with Crippen LogP contribution < -0.4 is 5.73 Å². The van der Waals surface area contributed by atoms with Gasteiger partial charge in [-0.25, -0.2) is 0 Å². The van der Waals surface area contributed by atoms with Gasteiger partial charge in [-0.1, -0.05) is 6.07 Å². The molecule has 0 aliphatic carbocycles. The standard InChI is InChI=1S/C13H11F3N2S/c14-13(15,16)11-6-10(17)3-4-12(11)19-8-9-2-1-5-18-7-9/h1-7H,8,17H2. The molecule has 0 spiro atoms. The van der Waals surface area contributed by atoms with Crippen LogP contribution in [0.1, 0.15) is 11.1 Å². The van der Waals surface area contributed by atoms with Crippen LogP contribution in [0.5, 0.6) is 0 Å². The van der Waals surface area contributed by atoms with Gasteiger partial charge in [-0.15, -0.1) is 11.8 Å². The molecule has 0 bridgehead atoms. The third-order valence-corrected chi connectivity index (χ3v) is 3.57. The van der Waals surface area contributed by atoms with Crippen molar-refractivity contribution < 1.29 is 13.2 Å². The SMILES string of the molecule is Nc1ccc(SCc2cccnc2)c(C(F)(F)F)c1. The second-order valence-corrected chi connectivity index (χ2v) is 4.92. The third kappa shape index (κ3) is 3.64. The summed E-state index contributed by atoms with van der Waals surface area (Å²) in [7, 11) is 0. The summed E-state index contributed by atoms with van der Waals surface area (Å²) in [5.41, 5.74) is 5.70. The normalized spacial score (nSPS) is 11.5. The van der Waals surface area contributed by atoms with Gasteiger partial charge >= 0.3 is 6.18 Å². The molecule has 0 amide bonds. The zero-order valence-electron chi connectivity index (χ0n) is 9.82. The van der Waals surface area contributed by atoms with Crippen molar-refractivity contribution in [2.45, 2.75) is 16.8 Å². The number of thioether (sulfide) groups is 1. The van der Waals surface area contributed by atoms with Gasteiger partial charge in [0.05, 0.1) is 5.56 Å². The number of nitrogens with two attached hydrogens (primary N) is 1. The fourth-order valence-electron chi connectivity index (χ4n) is 1.54. The molecule has 19 heavy (non-hydrogen) atoms. The first-order valence-electron chi connectivity index (χ1n) is 5.45. The van der Waals surface area contributed by atoms with Crippen LogP contribution in [-0.4, -0.2) is 4.98 Å². The average Bonchev–Trinajstić information content (AvgIpc) is 2.37. The highest BCUT2D eigenvalue weighted by Crippen LogP contribution is 2.38. The lowest BCUT2D eigenvalue weighted by atomic mass is 10.2. The second-order valence-electron chi connectivity index (χ2n) is 3.90. The van der Waals surface area contributed by atoms with Crippen LogP contribution in [0.15, 0.2) is 47.6 Å². The summed E-state index contributed by atoms with van der Waals surface area (Å²) in [4.78, 5) is 4.10. The van der Waals surface area contributed by atoms with E-state index >= 15 is 0 Å². The fraction of sp³-hybridized carbons (Fsp3) is 0.154. The third-order valence-electron chi connectivity index (χ3n) is 2.43. The summed E-state index contributed by atoms with van der Waals surface area (Å²) in [6.45, 7) is 0. The van der Waals surface area contributed by atoms with E-state index in [4.69, 9.17) is 5.73 Å². The molecule has 1 heterocycles. The van der Waals surface area contributed by atoms with Gasteiger partial charge < -0.3 is 5.73 Å². The summed E-state index contributed by atoms with van der Waals surface area (Å²) in [5.74, 6) is 0.431. The predicted octanol–water partition coefficient (Wildman–Crippen LogP) is 3.97. The molecule has 0 radical (unpaired) electrons. The molecule has 0 aliphatic heterocycles. The fourth-order valence-corrected chi connectivity index (χ4v) is 2.53. The van der Waals surface area contributed by atoms with E-state index in [-0.39, 0.29) is 10.6 Å². The zero-order chi connectivity index (χ0) is 13.9. The summed E-state index contributed by atoms with van der Waals surface area (Å²) < 4.78 is 38.6. The van der Waals surface area contributed by atoms with Gasteiger partial charge in [-0.05, 0) is 29.8 Å². The first-order valence-corrected chi connectivity index (χ1v) is 6.44. The number of hydrogen-bond donors (Lipinski definition) is 1. The maximum atomic E-state index is 12.9. The quantitative estimate of drug-likeness (QED) is 0.684. The molecule has 0 saturated heterocycles. The number of rotatable bonds is 3. The summed E-state index contributed by atoms with van der Waals surface area (Å²) in [6, 6.07) is 7.42. The van der Waals surface area contributed by atoms with Crippen molar-refractivity contribution in [3.05, 3.63) is 53.9 Å². The summed E-state index contributed by atoms with van der Waals surface area (Å²) >= 11 is 1.12. The van der Waals surface area contributed by atoms with E-state index in [0.717, 1.165) is 23.4 Å². The largest absolute Gasteiger partial charge is 0.417 e. The molecule has 6 heteroatoms. The van der Waals surface area contributed by atoms with E-state index in [1.165, 1.54) is 12.1 Å². The van der Waals surface area contributed by atoms with Crippen molar-refractivity contribution in [3.8, 4) is 0 Å². The van der Waals surface area contributed by atoms with Gasteiger partial charge in [0.2, 0.25) is 0 Å². The highest BCUT2D eigenvalue weighted by Gasteiger charge is 2.33. The van der Waals surface area contributed by atoms with Gasteiger partial charge in [0.15, 0.2) is 0 Å². The van der Waals surface area contributed by atoms with Crippen LogP contribution in [-0.2, 0) is 11.9 Å². The number of hydrogen-bond acceptors (Lipinski definition) is 3. The van der Waals surface area contributed by atoms with E-state index in [9.17, 15) is 13.2 Å². The van der Waals surface area contributed by atoms with Crippen LogP contribution in [0.3, 0.4) is 0 Å². The van der Waals surface area contributed by atoms with Gasteiger partial charge in [0.25, 0.3) is 0 Å². The monoisotopic (exact) mass is 284 g/mol. The van der Waals surface area contributed by atoms with Crippen molar-refractivity contribution in [3.63, 3.8) is 0 Å². The lowest BCUT2D eigenvalue weighted by Crippen LogP contribution is -2.07. The Bertz CT molecular complexity index is 556. The molecular formula is C13H11F3N2S. The van der Waals surface area contributed by atoms with Gasteiger partial charge in [0, 0.05) is 28.7 Å². The van der Waals surface area contributed by atoms with Crippen LogP contribution in [0.4, 0.5) is 18.9 Å². The van der Waals surface area contributed by atoms with Crippen molar-refractivity contribution in [2.24, 2.45) is 0 Å². The molecule has 0 fully saturated rings. The Labute approximate surface area is 112 Å². The molecule has 1 aromatic carbocycles. The molecule has 2 aromatic rings. The lowest BCUT2D eigenvalue weighted by Gasteiger charge is -2.13. The lowest BCUT2D eigenvalue weighted by molar-refractivity contribution is -0.139. The molecule has 1 aromatic heterocycles. The van der Waals surface area contributed by atoms with Crippen LogP contribution >= 0.6 is 11.8 Å². The number of benzene rings is 1.